The molecule has 0 radical (unpaired) electrons. The molecule has 2 aromatic carbocycles. The van der Waals surface area contributed by atoms with Crippen molar-refractivity contribution >= 4 is 17.6 Å². The third kappa shape index (κ3) is 5.51. The summed E-state index contributed by atoms with van der Waals surface area (Å²) in [4.78, 5) is 24.7. The van der Waals surface area contributed by atoms with Crippen LogP contribution < -0.4 is 10.1 Å². The minimum Gasteiger partial charge on any atom is -0.490 e. The van der Waals surface area contributed by atoms with Crippen molar-refractivity contribution in [2.45, 2.75) is 32.0 Å². The molecule has 6 nitrogen and oxygen atoms in total. The molecule has 29 heavy (non-hydrogen) atoms. The van der Waals surface area contributed by atoms with E-state index in [0.717, 1.165) is 31.0 Å². The number of rotatable bonds is 7. The molecule has 1 aliphatic rings. The summed E-state index contributed by atoms with van der Waals surface area (Å²) in [5.41, 5.74) is -0.180. The van der Waals surface area contributed by atoms with Crippen molar-refractivity contribution in [2.75, 3.05) is 18.5 Å². The molecule has 154 valence electrons. The second-order valence-corrected chi connectivity index (χ2v) is 6.60. The minimum atomic E-state index is -1.24. The van der Waals surface area contributed by atoms with Crippen LogP contribution in [0.25, 0.3) is 0 Å². The molecule has 2 aromatic rings. The van der Waals surface area contributed by atoms with Crippen LogP contribution in [0.3, 0.4) is 0 Å². The third-order valence-electron chi connectivity index (χ3n) is 4.40. The van der Waals surface area contributed by atoms with E-state index in [-0.39, 0.29) is 17.4 Å². The first-order chi connectivity index (χ1) is 13.9. The van der Waals surface area contributed by atoms with Gasteiger partial charge in [-0.2, -0.15) is 0 Å². The Kier molecular flexibility index (Phi) is 6.77. The lowest BCUT2D eigenvalue weighted by atomic mass is 10.2. The van der Waals surface area contributed by atoms with Crippen LogP contribution in [0, 0.1) is 11.6 Å². The molecule has 1 fully saturated rings. The Morgan fingerprint density at radius 2 is 2.03 bits per heavy atom. The fourth-order valence-electron chi connectivity index (χ4n) is 2.82. The maximum absolute atomic E-state index is 13.7. The molecule has 0 bridgehead atoms. The largest absolute Gasteiger partial charge is 0.490 e. The van der Waals surface area contributed by atoms with Crippen LogP contribution in [0.2, 0.25) is 0 Å². The van der Waals surface area contributed by atoms with E-state index in [2.05, 4.69) is 5.32 Å². The molecular weight excluding hydrogens is 384 g/mol. The highest BCUT2D eigenvalue weighted by Gasteiger charge is 2.23. The molecule has 0 aliphatic carbocycles. The first-order valence-corrected chi connectivity index (χ1v) is 9.24. The predicted octanol–water partition coefficient (Wildman–Crippen LogP) is 3.71. The van der Waals surface area contributed by atoms with E-state index in [9.17, 15) is 18.4 Å². The van der Waals surface area contributed by atoms with Crippen LogP contribution in [0.15, 0.2) is 42.5 Å². The molecule has 1 heterocycles. The maximum atomic E-state index is 13.7. The molecule has 0 unspecified atom stereocenters. The van der Waals surface area contributed by atoms with Gasteiger partial charge in [-0.25, -0.2) is 13.6 Å². The number of esters is 1. The van der Waals surface area contributed by atoms with Gasteiger partial charge < -0.3 is 19.5 Å². The molecule has 3 rings (SSSR count). The van der Waals surface area contributed by atoms with Gasteiger partial charge in [-0.15, -0.1) is 0 Å². The molecule has 1 saturated heterocycles. The van der Waals surface area contributed by atoms with Gasteiger partial charge in [0.2, 0.25) is 0 Å². The number of benzene rings is 2. The van der Waals surface area contributed by atoms with Gasteiger partial charge >= 0.3 is 5.97 Å². The molecule has 0 spiro atoms. The van der Waals surface area contributed by atoms with Gasteiger partial charge in [0.1, 0.15) is 29.6 Å². The Morgan fingerprint density at radius 3 is 2.79 bits per heavy atom. The highest BCUT2D eigenvalue weighted by atomic mass is 19.1. The average Bonchev–Trinajstić information content (AvgIpc) is 3.23. The SMILES string of the molecule is C[C@H](OC(=O)c1ccccc1OC[C@H]1CCCO1)C(=O)Nc1cc(F)ccc1F. The average molecular weight is 405 g/mol. The van der Waals surface area contributed by atoms with Crippen LogP contribution in [0.5, 0.6) is 5.75 Å². The van der Waals surface area contributed by atoms with E-state index in [1.54, 1.807) is 18.2 Å². The molecule has 0 aromatic heterocycles. The Labute approximate surface area is 166 Å². The number of para-hydroxylation sites is 1. The number of halogens is 2. The van der Waals surface area contributed by atoms with Gasteiger partial charge in [0.25, 0.3) is 5.91 Å². The fraction of sp³-hybridized carbons (Fsp3) is 0.333. The van der Waals surface area contributed by atoms with Crippen molar-refractivity contribution in [3.8, 4) is 5.75 Å². The zero-order valence-electron chi connectivity index (χ0n) is 15.8. The Hall–Kier alpha value is -3.00. The fourth-order valence-corrected chi connectivity index (χ4v) is 2.82. The number of anilines is 1. The summed E-state index contributed by atoms with van der Waals surface area (Å²) in [6, 6.07) is 9.16. The van der Waals surface area contributed by atoms with Crippen molar-refractivity contribution in [3.05, 3.63) is 59.7 Å². The predicted molar refractivity (Wildman–Crippen MR) is 101 cm³/mol. The molecule has 0 saturated carbocycles. The molecule has 2 atom stereocenters. The number of nitrogens with one attached hydrogen (secondary N) is 1. The van der Waals surface area contributed by atoms with E-state index >= 15 is 0 Å². The lowest BCUT2D eigenvalue weighted by molar-refractivity contribution is -0.123. The molecule has 8 heteroatoms. The van der Waals surface area contributed by atoms with E-state index in [4.69, 9.17) is 14.2 Å². The van der Waals surface area contributed by atoms with E-state index in [0.29, 0.717) is 19.0 Å². The number of hydrogen-bond acceptors (Lipinski definition) is 5. The van der Waals surface area contributed by atoms with E-state index in [1.807, 2.05) is 0 Å². The van der Waals surface area contributed by atoms with Gasteiger partial charge in [-0.1, -0.05) is 12.1 Å². The second-order valence-electron chi connectivity index (χ2n) is 6.60. The summed E-state index contributed by atoms with van der Waals surface area (Å²) in [6.45, 7) is 2.33. The zero-order valence-corrected chi connectivity index (χ0v) is 15.8. The summed E-state index contributed by atoms with van der Waals surface area (Å²) in [5, 5.41) is 2.21. The van der Waals surface area contributed by atoms with E-state index in [1.165, 1.54) is 13.0 Å². The third-order valence-corrected chi connectivity index (χ3v) is 4.40. The van der Waals surface area contributed by atoms with Gasteiger partial charge in [-0.3, -0.25) is 4.79 Å². The summed E-state index contributed by atoms with van der Waals surface area (Å²) < 4.78 is 43.3. The summed E-state index contributed by atoms with van der Waals surface area (Å²) in [7, 11) is 0. The van der Waals surface area contributed by atoms with Crippen molar-refractivity contribution in [2.24, 2.45) is 0 Å². The van der Waals surface area contributed by atoms with E-state index < -0.39 is 29.6 Å². The van der Waals surface area contributed by atoms with Gasteiger partial charge in [0, 0.05) is 12.7 Å². The molecule has 1 N–H and O–H groups in total. The normalized spacial score (nSPS) is 16.9. The highest BCUT2D eigenvalue weighted by molar-refractivity contribution is 5.98. The standard InChI is InChI=1S/C21H21F2NO5/c1-13(20(25)24-18-11-14(22)8-9-17(18)23)29-21(26)16-6-2-3-7-19(16)28-12-15-5-4-10-27-15/h2-3,6-9,11,13,15H,4-5,10,12H2,1H3,(H,24,25)/t13-,15+/m0/s1. The smallest absolute Gasteiger partial charge is 0.342 e. The number of carbonyl (C=O) groups excluding carboxylic acids is 2. The Morgan fingerprint density at radius 1 is 1.24 bits per heavy atom. The summed E-state index contributed by atoms with van der Waals surface area (Å²) >= 11 is 0. The van der Waals surface area contributed by atoms with Crippen LogP contribution in [0.4, 0.5) is 14.5 Å². The topological polar surface area (TPSA) is 73.9 Å². The molecule has 1 amide bonds. The van der Waals surface area contributed by atoms with Crippen molar-refractivity contribution in [1.29, 1.82) is 0 Å². The van der Waals surface area contributed by atoms with Crippen LogP contribution in [-0.2, 0) is 14.3 Å². The summed E-state index contributed by atoms with van der Waals surface area (Å²) in [5.74, 6) is -2.75. The lowest BCUT2D eigenvalue weighted by Crippen LogP contribution is -2.30. The first kappa shape index (κ1) is 20.7. The van der Waals surface area contributed by atoms with Gasteiger partial charge in [-0.05, 0) is 44.0 Å². The van der Waals surface area contributed by atoms with Crippen LogP contribution >= 0.6 is 0 Å². The number of carbonyl (C=O) groups is 2. The van der Waals surface area contributed by atoms with Crippen molar-refractivity contribution in [3.63, 3.8) is 0 Å². The first-order valence-electron chi connectivity index (χ1n) is 9.24. The van der Waals surface area contributed by atoms with Crippen LogP contribution in [0.1, 0.15) is 30.1 Å². The monoisotopic (exact) mass is 405 g/mol. The Balaban J connectivity index is 1.61. The second kappa shape index (κ2) is 9.47. The zero-order chi connectivity index (χ0) is 20.8. The van der Waals surface area contributed by atoms with Gasteiger partial charge in [0.05, 0.1) is 11.8 Å². The highest BCUT2D eigenvalue weighted by Crippen LogP contribution is 2.22. The Bertz CT molecular complexity index is 883. The minimum absolute atomic E-state index is 0.0232. The van der Waals surface area contributed by atoms with Gasteiger partial charge in [0.15, 0.2) is 6.10 Å². The quantitative estimate of drug-likeness (QED) is 0.711. The number of hydrogen-bond donors (Lipinski definition) is 1. The van der Waals surface area contributed by atoms with Crippen molar-refractivity contribution in [1.82, 2.24) is 0 Å². The summed E-state index contributed by atoms with van der Waals surface area (Å²) in [6.07, 6.45) is 0.595. The maximum Gasteiger partial charge on any atom is 0.342 e. The number of ether oxygens (including phenoxy) is 3. The molecular formula is C21H21F2NO5. The van der Waals surface area contributed by atoms with Crippen LogP contribution in [-0.4, -0.2) is 37.3 Å². The van der Waals surface area contributed by atoms with Crippen molar-refractivity contribution < 1.29 is 32.6 Å². The lowest BCUT2D eigenvalue weighted by Gasteiger charge is -2.16. The molecule has 1 aliphatic heterocycles. The number of amides is 1.